The van der Waals surface area contributed by atoms with Crippen molar-refractivity contribution in [3.63, 3.8) is 0 Å². The molecule has 2 aromatic rings. The summed E-state index contributed by atoms with van der Waals surface area (Å²) in [5.41, 5.74) is 1.21. The summed E-state index contributed by atoms with van der Waals surface area (Å²) in [7, 11) is -3.96. The largest absolute Gasteiger partial charge is 0.342 e. The fourth-order valence-electron chi connectivity index (χ4n) is 3.63. The number of carbonyl (C=O) groups is 4. The lowest BCUT2D eigenvalue weighted by Crippen LogP contribution is -2.29. The van der Waals surface area contributed by atoms with Crippen molar-refractivity contribution >= 4 is 45.0 Å². The number of nitrogens with one attached hydrogen (secondary N) is 3. The topological polar surface area (TPSA) is 142 Å². The summed E-state index contributed by atoms with van der Waals surface area (Å²) in [6, 6.07) is 11.7. The third-order valence-corrected chi connectivity index (χ3v) is 6.93. The summed E-state index contributed by atoms with van der Waals surface area (Å²) in [5, 5.41) is 5.45. The summed E-state index contributed by atoms with van der Waals surface area (Å²) < 4.78 is 25.9. The van der Waals surface area contributed by atoms with Gasteiger partial charge in [-0.1, -0.05) is 13.3 Å². The van der Waals surface area contributed by atoms with Gasteiger partial charge in [-0.25, -0.2) is 13.1 Å². The molecule has 0 aromatic heterocycles. The summed E-state index contributed by atoms with van der Waals surface area (Å²) in [6.07, 6.45) is 2.08. The Hall–Kier alpha value is -3.73. The molecule has 2 aromatic carbocycles. The molecule has 0 spiro atoms. The first kappa shape index (κ1) is 25.9. The van der Waals surface area contributed by atoms with Crippen LogP contribution in [-0.2, 0) is 24.4 Å². The number of amides is 4. The maximum atomic E-state index is 12.6. The summed E-state index contributed by atoms with van der Waals surface area (Å²) in [5.74, 6) is -1.77. The molecule has 1 atom stereocenters. The average molecular weight is 501 g/mol. The highest BCUT2D eigenvalue weighted by molar-refractivity contribution is 7.90. The zero-order valence-electron chi connectivity index (χ0n) is 19.5. The van der Waals surface area contributed by atoms with Gasteiger partial charge in [0.1, 0.15) is 0 Å². The predicted molar refractivity (Wildman–Crippen MR) is 130 cm³/mol. The lowest BCUT2D eigenvalue weighted by molar-refractivity contribution is -0.128. The number of anilines is 2. The van der Waals surface area contributed by atoms with Crippen LogP contribution < -0.4 is 15.4 Å². The Bertz CT molecular complexity index is 1210. The molecule has 0 saturated carbocycles. The van der Waals surface area contributed by atoms with Gasteiger partial charge < -0.3 is 15.5 Å². The van der Waals surface area contributed by atoms with Crippen molar-refractivity contribution < 1.29 is 27.6 Å². The minimum absolute atomic E-state index is 0.00799. The molecule has 0 aliphatic carbocycles. The van der Waals surface area contributed by atoms with Gasteiger partial charge in [0.15, 0.2) is 0 Å². The van der Waals surface area contributed by atoms with E-state index in [4.69, 9.17) is 0 Å². The SMILES string of the molecule is CCCCN1CC(C(=O)Nc2ccc(C(=O)Nc3ccc(S(=O)(=O)NC(C)=O)cc3)cc2)CC1=O. The third-order valence-electron chi connectivity index (χ3n) is 5.48. The van der Waals surface area contributed by atoms with E-state index in [1.54, 1.807) is 29.2 Å². The van der Waals surface area contributed by atoms with Gasteiger partial charge in [0.05, 0.1) is 10.8 Å². The van der Waals surface area contributed by atoms with Gasteiger partial charge in [-0.3, -0.25) is 19.2 Å². The van der Waals surface area contributed by atoms with Gasteiger partial charge in [-0.15, -0.1) is 0 Å². The second kappa shape index (κ2) is 11.1. The standard InChI is InChI=1S/C24H28N4O6S/c1-3-4-13-28-15-18(14-22(28)30)24(32)26-19-7-5-17(6-8-19)23(31)25-20-9-11-21(12-10-20)35(33,34)27-16(2)29/h5-12,18H,3-4,13-15H2,1-2H3,(H,25,31)(H,26,32)(H,27,29). The van der Waals surface area contributed by atoms with Crippen LogP contribution in [0.3, 0.4) is 0 Å². The molecule has 186 valence electrons. The van der Waals surface area contributed by atoms with E-state index in [2.05, 4.69) is 10.6 Å². The number of nitrogens with zero attached hydrogens (tertiary/aromatic N) is 1. The van der Waals surface area contributed by atoms with Crippen LogP contribution in [0.1, 0.15) is 43.5 Å². The summed E-state index contributed by atoms with van der Waals surface area (Å²) in [6.45, 7) is 4.22. The van der Waals surface area contributed by atoms with Gasteiger partial charge in [0, 0.05) is 43.4 Å². The Morgan fingerprint density at radius 1 is 0.971 bits per heavy atom. The minimum atomic E-state index is -3.96. The fraction of sp³-hybridized carbons (Fsp3) is 0.333. The van der Waals surface area contributed by atoms with E-state index in [0.717, 1.165) is 19.8 Å². The van der Waals surface area contributed by atoms with E-state index in [1.165, 1.54) is 24.3 Å². The number of hydrogen-bond donors (Lipinski definition) is 3. The van der Waals surface area contributed by atoms with Gasteiger partial charge in [0.2, 0.25) is 17.7 Å². The molecule has 1 fully saturated rings. The van der Waals surface area contributed by atoms with E-state index in [1.807, 2.05) is 11.6 Å². The van der Waals surface area contributed by atoms with Gasteiger partial charge in [0.25, 0.3) is 15.9 Å². The first-order valence-electron chi connectivity index (χ1n) is 11.2. The quantitative estimate of drug-likeness (QED) is 0.483. The normalized spacial score (nSPS) is 15.5. The van der Waals surface area contributed by atoms with Crippen LogP contribution >= 0.6 is 0 Å². The molecule has 1 aliphatic rings. The molecule has 35 heavy (non-hydrogen) atoms. The lowest BCUT2D eigenvalue weighted by atomic mass is 10.1. The Balaban J connectivity index is 1.56. The number of benzene rings is 2. The minimum Gasteiger partial charge on any atom is -0.342 e. The number of hydrogen-bond acceptors (Lipinski definition) is 6. The number of sulfonamides is 1. The van der Waals surface area contributed by atoms with Crippen molar-refractivity contribution in [1.29, 1.82) is 0 Å². The second-order valence-corrected chi connectivity index (χ2v) is 9.98. The predicted octanol–water partition coefficient (Wildman–Crippen LogP) is 2.35. The number of unbranched alkanes of at least 4 members (excludes halogenated alkanes) is 1. The summed E-state index contributed by atoms with van der Waals surface area (Å²) >= 11 is 0. The van der Waals surface area contributed by atoms with Crippen molar-refractivity contribution in [3.8, 4) is 0 Å². The molecule has 1 unspecified atom stereocenters. The van der Waals surface area contributed by atoms with Crippen LogP contribution in [-0.4, -0.2) is 50.0 Å². The Kier molecular flexibility index (Phi) is 8.23. The van der Waals surface area contributed by atoms with Crippen molar-refractivity contribution in [1.82, 2.24) is 9.62 Å². The maximum absolute atomic E-state index is 12.6. The van der Waals surface area contributed by atoms with Crippen LogP contribution in [0.2, 0.25) is 0 Å². The molecule has 1 heterocycles. The van der Waals surface area contributed by atoms with Gasteiger partial charge in [-0.05, 0) is 55.0 Å². The molecular formula is C24H28N4O6S. The molecule has 3 rings (SSSR count). The van der Waals surface area contributed by atoms with E-state index in [9.17, 15) is 27.6 Å². The van der Waals surface area contributed by atoms with Gasteiger partial charge >= 0.3 is 0 Å². The Morgan fingerprint density at radius 3 is 2.17 bits per heavy atom. The molecule has 11 heteroatoms. The molecule has 4 amide bonds. The zero-order chi connectivity index (χ0) is 25.6. The Labute approximate surface area is 204 Å². The first-order chi connectivity index (χ1) is 16.6. The van der Waals surface area contributed by atoms with Gasteiger partial charge in [-0.2, -0.15) is 0 Å². The highest BCUT2D eigenvalue weighted by Crippen LogP contribution is 2.21. The second-order valence-electron chi connectivity index (χ2n) is 8.30. The van der Waals surface area contributed by atoms with Crippen LogP contribution in [0.4, 0.5) is 11.4 Å². The van der Waals surface area contributed by atoms with Crippen molar-refractivity contribution in [2.75, 3.05) is 23.7 Å². The zero-order valence-corrected chi connectivity index (χ0v) is 20.4. The molecule has 3 N–H and O–H groups in total. The van der Waals surface area contributed by atoms with Crippen molar-refractivity contribution in [2.45, 2.75) is 38.0 Å². The van der Waals surface area contributed by atoms with E-state index in [-0.39, 0.29) is 23.1 Å². The summed E-state index contributed by atoms with van der Waals surface area (Å²) in [4.78, 5) is 49.8. The monoisotopic (exact) mass is 500 g/mol. The first-order valence-corrected chi connectivity index (χ1v) is 12.7. The smallest absolute Gasteiger partial charge is 0.264 e. The van der Waals surface area contributed by atoms with Crippen molar-refractivity contribution in [3.05, 3.63) is 54.1 Å². The highest BCUT2D eigenvalue weighted by Gasteiger charge is 2.33. The highest BCUT2D eigenvalue weighted by atomic mass is 32.2. The van der Waals surface area contributed by atoms with Crippen LogP contribution in [0, 0.1) is 5.92 Å². The number of carbonyl (C=O) groups excluding carboxylic acids is 4. The number of likely N-dealkylation sites (tertiary alicyclic amines) is 1. The Morgan fingerprint density at radius 2 is 1.57 bits per heavy atom. The van der Waals surface area contributed by atoms with Crippen LogP contribution in [0.5, 0.6) is 0 Å². The van der Waals surface area contributed by atoms with Crippen LogP contribution in [0.25, 0.3) is 0 Å². The molecule has 10 nitrogen and oxygen atoms in total. The van der Waals surface area contributed by atoms with E-state index < -0.39 is 27.8 Å². The lowest BCUT2D eigenvalue weighted by Gasteiger charge is -2.16. The van der Waals surface area contributed by atoms with Crippen LogP contribution in [0.15, 0.2) is 53.4 Å². The number of rotatable bonds is 9. The molecule has 0 radical (unpaired) electrons. The van der Waals surface area contributed by atoms with Crippen molar-refractivity contribution in [2.24, 2.45) is 5.92 Å². The molecule has 1 aliphatic heterocycles. The van der Waals surface area contributed by atoms with E-state index in [0.29, 0.717) is 30.0 Å². The molecule has 1 saturated heterocycles. The third kappa shape index (κ3) is 6.89. The van der Waals surface area contributed by atoms with E-state index >= 15 is 0 Å². The average Bonchev–Trinajstić information content (AvgIpc) is 3.18. The maximum Gasteiger partial charge on any atom is 0.264 e. The molecule has 0 bridgehead atoms. The molecular weight excluding hydrogens is 472 g/mol. The fourth-order valence-corrected chi connectivity index (χ4v) is 4.62.